The van der Waals surface area contributed by atoms with Gasteiger partial charge in [-0.1, -0.05) is 6.92 Å². The molecule has 1 aliphatic rings. The van der Waals surface area contributed by atoms with Crippen LogP contribution in [0.25, 0.3) is 10.9 Å². The minimum absolute atomic E-state index is 0.0304. The zero-order valence-electron chi connectivity index (χ0n) is 15.9. The van der Waals surface area contributed by atoms with Gasteiger partial charge in [0.25, 0.3) is 5.56 Å². The van der Waals surface area contributed by atoms with E-state index in [-0.39, 0.29) is 18.0 Å². The second-order valence-corrected chi connectivity index (χ2v) is 6.85. The highest BCUT2D eigenvalue weighted by Gasteiger charge is 2.16. The van der Waals surface area contributed by atoms with E-state index in [1.807, 2.05) is 13.0 Å². The fraction of sp³-hybridized carbons (Fsp3) is 0.611. The summed E-state index contributed by atoms with van der Waals surface area (Å²) in [5.74, 6) is -0.141. The molecule has 1 saturated heterocycles. The van der Waals surface area contributed by atoms with Crippen molar-refractivity contribution in [2.24, 2.45) is 7.05 Å². The monoisotopic (exact) mass is 360 g/mol. The third-order valence-electron chi connectivity index (χ3n) is 5.13. The van der Waals surface area contributed by atoms with Crippen LogP contribution in [0.5, 0.6) is 0 Å². The van der Waals surface area contributed by atoms with E-state index in [0.717, 1.165) is 50.3 Å². The number of carbonyl (C=O) groups is 1. The van der Waals surface area contributed by atoms with Crippen LogP contribution in [-0.4, -0.2) is 75.9 Å². The van der Waals surface area contributed by atoms with Crippen molar-refractivity contribution < 1.29 is 4.79 Å². The lowest BCUT2D eigenvalue weighted by molar-refractivity contribution is -0.121. The van der Waals surface area contributed by atoms with Gasteiger partial charge in [-0.2, -0.15) is 5.10 Å². The highest BCUT2D eigenvalue weighted by Crippen LogP contribution is 2.12. The summed E-state index contributed by atoms with van der Waals surface area (Å²) in [7, 11) is 1.75. The number of piperazine rings is 1. The number of nitrogens with zero attached hydrogens (tertiary/aromatic N) is 5. The minimum Gasteiger partial charge on any atom is -0.353 e. The Labute approximate surface area is 153 Å². The first-order chi connectivity index (χ1) is 12.5. The second kappa shape index (κ2) is 8.01. The molecule has 2 aromatic heterocycles. The van der Waals surface area contributed by atoms with Crippen LogP contribution >= 0.6 is 0 Å². The molecule has 0 unspecified atom stereocenters. The van der Waals surface area contributed by atoms with Crippen LogP contribution in [-0.2, 0) is 18.4 Å². The van der Waals surface area contributed by atoms with Gasteiger partial charge in [0.1, 0.15) is 12.1 Å². The molecule has 0 saturated carbocycles. The third kappa shape index (κ3) is 3.96. The fourth-order valence-electron chi connectivity index (χ4n) is 3.51. The molecule has 8 nitrogen and oxygen atoms in total. The van der Waals surface area contributed by atoms with Gasteiger partial charge < -0.3 is 14.8 Å². The van der Waals surface area contributed by atoms with Crippen molar-refractivity contribution >= 4 is 16.8 Å². The number of carbonyl (C=O) groups excluding carboxylic acids is 1. The Morgan fingerprint density at radius 3 is 2.62 bits per heavy atom. The topological polar surface area (TPSA) is 75.4 Å². The van der Waals surface area contributed by atoms with Crippen molar-refractivity contribution in [2.45, 2.75) is 20.4 Å². The lowest BCUT2D eigenvalue weighted by Crippen LogP contribution is -2.48. The molecule has 2 aromatic rings. The maximum absolute atomic E-state index is 12.6. The molecular weight excluding hydrogens is 332 g/mol. The van der Waals surface area contributed by atoms with Crippen LogP contribution in [0.1, 0.15) is 12.6 Å². The molecule has 1 aliphatic heterocycles. The van der Waals surface area contributed by atoms with E-state index >= 15 is 0 Å². The number of likely N-dealkylation sites (N-methyl/N-ethyl adjacent to an activating group) is 1. The van der Waals surface area contributed by atoms with Crippen molar-refractivity contribution in [1.29, 1.82) is 0 Å². The van der Waals surface area contributed by atoms with Crippen molar-refractivity contribution in [2.75, 3.05) is 45.8 Å². The van der Waals surface area contributed by atoms with E-state index in [2.05, 4.69) is 27.1 Å². The zero-order chi connectivity index (χ0) is 18.7. The predicted molar refractivity (Wildman–Crippen MR) is 101 cm³/mol. The van der Waals surface area contributed by atoms with Gasteiger partial charge in [-0.15, -0.1) is 0 Å². The van der Waals surface area contributed by atoms with Crippen molar-refractivity contribution in [3.63, 3.8) is 0 Å². The van der Waals surface area contributed by atoms with Crippen LogP contribution < -0.4 is 10.9 Å². The fourth-order valence-corrected chi connectivity index (χ4v) is 3.51. The van der Waals surface area contributed by atoms with Gasteiger partial charge in [0, 0.05) is 57.9 Å². The molecule has 26 heavy (non-hydrogen) atoms. The largest absolute Gasteiger partial charge is 0.353 e. The van der Waals surface area contributed by atoms with Crippen LogP contribution in [0.3, 0.4) is 0 Å². The highest BCUT2D eigenvalue weighted by molar-refractivity contribution is 5.81. The first kappa shape index (κ1) is 18.6. The maximum Gasteiger partial charge on any atom is 0.277 e. The van der Waals surface area contributed by atoms with Crippen LogP contribution in [0, 0.1) is 6.92 Å². The normalized spacial score (nSPS) is 16.3. The van der Waals surface area contributed by atoms with Crippen molar-refractivity contribution in [3.05, 3.63) is 28.3 Å². The van der Waals surface area contributed by atoms with E-state index < -0.39 is 0 Å². The molecule has 1 amide bonds. The zero-order valence-corrected chi connectivity index (χ0v) is 15.9. The van der Waals surface area contributed by atoms with E-state index in [9.17, 15) is 9.59 Å². The number of nitrogens with one attached hydrogen (secondary N) is 1. The molecule has 0 atom stereocenters. The van der Waals surface area contributed by atoms with Crippen LogP contribution in [0.2, 0.25) is 0 Å². The van der Waals surface area contributed by atoms with Crippen molar-refractivity contribution in [3.8, 4) is 0 Å². The second-order valence-electron chi connectivity index (χ2n) is 6.85. The summed E-state index contributed by atoms with van der Waals surface area (Å²) in [5, 5.41) is 8.03. The molecule has 0 aliphatic carbocycles. The van der Waals surface area contributed by atoms with Crippen LogP contribution in [0.15, 0.2) is 17.1 Å². The quantitative estimate of drug-likeness (QED) is 0.772. The number of amides is 1. The van der Waals surface area contributed by atoms with E-state index in [0.29, 0.717) is 12.1 Å². The SMILES string of the molecule is CCN1CCN(CCNC(=O)Cn2ccc3c(C)nn(C)c3c2=O)CC1. The first-order valence-corrected chi connectivity index (χ1v) is 9.23. The van der Waals surface area contributed by atoms with Gasteiger partial charge in [0.05, 0.1) is 5.69 Å². The van der Waals surface area contributed by atoms with Crippen LogP contribution in [0.4, 0.5) is 0 Å². The van der Waals surface area contributed by atoms with E-state index in [1.165, 1.54) is 4.57 Å². The molecule has 3 rings (SSSR count). The minimum atomic E-state index is -0.184. The molecule has 0 radical (unpaired) electrons. The summed E-state index contributed by atoms with van der Waals surface area (Å²) in [4.78, 5) is 29.6. The average molecular weight is 360 g/mol. The number of aromatic nitrogens is 3. The Hall–Kier alpha value is -2.19. The number of fused-ring (bicyclic) bond motifs is 1. The van der Waals surface area contributed by atoms with Gasteiger partial charge in [-0.3, -0.25) is 19.2 Å². The maximum atomic E-state index is 12.6. The molecule has 0 spiro atoms. The lowest BCUT2D eigenvalue weighted by Gasteiger charge is -2.33. The highest BCUT2D eigenvalue weighted by atomic mass is 16.2. The molecule has 1 N–H and O–H groups in total. The van der Waals surface area contributed by atoms with Gasteiger partial charge in [0.2, 0.25) is 5.91 Å². The molecule has 142 valence electrons. The Bertz CT molecular complexity index is 832. The predicted octanol–water partition coefficient (Wildman–Crippen LogP) is -0.203. The van der Waals surface area contributed by atoms with Crippen molar-refractivity contribution in [1.82, 2.24) is 29.5 Å². The Kier molecular flexibility index (Phi) is 5.73. The molecule has 3 heterocycles. The van der Waals surface area contributed by atoms with Gasteiger partial charge in [-0.25, -0.2) is 0 Å². The standard InChI is InChI=1S/C18H28N6O2/c1-4-22-9-11-23(12-10-22)8-6-19-16(25)13-24-7-5-15-14(2)20-21(3)17(15)18(24)26/h5,7H,4,6,8-13H2,1-3H3,(H,19,25). The molecule has 1 fully saturated rings. The van der Waals surface area contributed by atoms with Gasteiger partial charge >= 0.3 is 0 Å². The van der Waals surface area contributed by atoms with E-state index in [1.54, 1.807) is 17.9 Å². The number of rotatable bonds is 6. The smallest absolute Gasteiger partial charge is 0.277 e. The Balaban J connectivity index is 1.52. The van der Waals surface area contributed by atoms with Gasteiger partial charge in [0.15, 0.2) is 0 Å². The first-order valence-electron chi connectivity index (χ1n) is 9.23. The number of hydrogen-bond acceptors (Lipinski definition) is 5. The Morgan fingerprint density at radius 2 is 1.92 bits per heavy atom. The number of hydrogen-bond donors (Lipinski definition) is 1. The average Bonchev–Trinajstić information content (AvgIpc) is 2.92. The third-order valence-corrected chi connectivity index (χ3v) is 5.13. The summed E-state index contributed by atoms with van der Waals surface area (Å²) in [5.41, 5.74) is 1.17. The molecule has 8 heteroatoms. The summed E-state index contributed by atoms with van der Waals surface area (Å²) in [6, 6.07) is 1.85. The number of aryl methyl sites for hydroxylation is 2. The number of pyridine rings is 1. The summed E-state index contributed by atoms with van der Waals surface area (Å²) < 4.78 is 3.02. The Morgan fingerprint density at radius 1 is 1.23 bits per heavy atom. The molecule has 0 aromatic carbocycles. The summed E-state index contributed by atoms with van der Waals surface area (Å²) in [6.07, 6.45) is 1.67. The van der Waals surface area contributed by atoms with E-state index in [4.69, 9.17) is 0 Å². The molecular formula is C18H28N6O2. The van der Waals surface area contributed by atoms with Gasteiger partial charge in [-0.05, 0) is 19.5 Å². The molecule has 0 bridgehead atoms. The summed E-state index contributed by atoms with van der Waals surface area (Å²) >= 11 is 0. The summed E-state index contributed by atoms with van der Waals surface area (Å²) in [6.45, 7) is 10.9. The lowest BCUT2D eigenvalue weighted by atomic mass is 10.2.